The highest BCUT2D eigenvalue weighted by atomic mass is 16.6. The number of nitrogens with one attached hydrogen (secondary N) is 4. The van der Waals surface area contributed by atoms with E-state index in [4.69, 9.17) is 4.74 Å². The molecule has 4 N–H and O–H groups in total. The summed E-state index contributed by atoms with van der Waals surface area (Å²) in [7, 11) is 7.43. The zero-order valence-corrected chi connectivity index (χ0v) is 13.5. The van der Waals surface area contributed by atoms with Gasteiger partial charge in [-0.3, -0.25) is 4.79 Å². The first-order valence-corrected chi connectivity index (χ1v) is 6.66. The Morgan fingerprint density at radius 2 is 1.47 bits per heavy atom. The number of carbonyl (C=O) groups is 1. The molecular formula is C13H32N4O2. The summed E-state index contributed by atoms with van der Waals surface area (Å²) in [5.41, 5.74) is -0.417. The Morgan fingerprint density at radius 1 is 1.00 bits per heavy atom. The molecule has 116 valence electrons. The standard InChI is InChI=1S/C9H20N2O2.C4H12N2/c1-9(2,3)13-8(12)7(11-5)6-10-4;1-5-3-4-6-2/h7,10-11H,6H2,1-5H3;5-6H,3-4H2,1-2H3. The predicted octanol–water partition coefficient (Wildman–Crippen LogP) is -0.439. The van der Waals surface area contributed by atoms with Crippen molar-refractivity contribution >= 4 is 5.97 Å². The molecule has 0 spiro atoms. The molecule has 0 saturated carbocycles. The molecule has 0 amide bonds. The molecule has 19 heavy (non-hydrogen) atoms. The predicted molar refractivity (Wildman–Crippen MR) is 80.5 cm³/mol. The quantitative estimate of drug-likeness (QED) is 0.373. The lowest BCUT2D eigenvalue weighted by Gasteiger charge is -2.23. The van der Waals surface area contributed by atoms with E-state index in [1.807, 2.05) is 34.9 Å². The second-order valence-corrected chi connectivity index (χ2v) is 5.14. The van der Waals surface area contributed by atoms with Crippen LogP contribution in [-0.2, 0) is 9.53 Å². The van der Waals surface area contributed by atoms with Gasteiger partial charge in [0.05, 0.1) is 0 Å². The van der Waals surface area contributed by atoms with Crippen LogP contribution in [0.15, 0.2) is 0 Å². The van der Waals surface area contributed by atoms with Gasteiger partial charge in [0.2, 0.25) is 0 Å². The number of esters is 1. The van der Waals surface area contributed by atoms with Crippen molar-refractivity contribution in [3.05, 3.63) is 0 Å². The van der Waals surface area contributed by atoms with E-state index < -0.39 is 5.60 Å². The summed E-state index contributed by atoms with van der Waals surface area (Å²) in [6.07, 6.45) is 0. The van der Waals surface area contributed by atoms with Gasteiger partial charge in [-0.1, -0.05) is 0 Å². The van der Waals surface area contributed by atoms with Crippen molar-refractivity contribution in [2.75, 3.05) is 47.8 Å². The molecule has 1 atom stereocenters. The molecule has 0 aliphatic rings. The molecule has 0 heterocycles. The highest BCUT2D eigenvalue weighted by molar-refractivity contribution is 5.76. The Morgan fingerprint density at radius 3 is 1.74 bits per heavy atom. The number of likely N-dealkylation sites (N-methyl/N-ethyl adjacent to an activating group) is 4. The monoisotopic (exact) mass is 276 g/mol. The van der Waals surface area contributed by atoms with Gasteiger partial charge in [-0.2, -0.15) is 0 Å². The molecule has 0 aromatic heterocycles. The van der Waals surface area contributed by atoms with E-state index in [2.05, 4.69) is 21.3 Å². The molecule has 0 bridgehead atoms. The fourth-order valence-corrected chi connectivity index (χ4v) is 1.13. The number of rotatable bonds is 7. The molecule has 1 unspecified atom stereocenters. The minimum Gasteiger partial charge on any atom is -0.459 e. The van der Waals surface area contributed by atoms with Crippen molar-refractivity contribution in [2.24, 2.45) is 0 Å². The Balaban J connectivity index is 0. The third kappa shape index (κ3) is 15.3. The first-order valence-electron chi connectivity index (χ1n) is 6.66. The van der Waals surface area contributed by atoms with Gasteiger partial charge in [0.1, 0.15) is 11.6 Å². The van der Waals surface area contributed by atoms with Crippen LogP contribution in [0.5, 0.6) is 0 Å². The fraction of sp³-hybridized carbons (Fsp3) is 0.923. The maximum Gasteiger partial charge on any atom is 0.324 e. The number of hydrogen-bond donors (Lipinski definition) is 4. The maximum atomic E-state index is 11.5. The van der Waals surface area contributed by atoms with E-state index in [0.29, 0.717) is 6.54 Å². The van der Waals surface area contributed by atoms with Crippen LogP contribution in [0.3, 0.4) is 0 Å². The van der Waals surface area contributed by atoms with Crippen molar-refractivity contribution < 1.29 is 9.53 Å². The molecule has 0 aromatic rings. The molecule has 0 aliphatic heterocycles. The minimum absolute atomic E-state index is 0.218. The number of hydrogen-bond acceptors (Lipinski definition) is 6. The van der Waals surface area contributed by atoms with Gasteiger partial charge in [-0.05, 0) is 49.0 Å². The topological polar surface area (TPSA) is 74.4 Å². The first kappa shape index (κ1) is 20.6. The van der Waals surface area contributed by atoms with Crippen molar-refractivity contribution in [1.29, 1.82) is 0 Å². The lowest BCUT2D eigenvalue weighted by Crippen LogP contribution is -2.45. The summed E-state index contributed by atoms with van der Waals surface area (Å²) in [5, 5.41) is 11.8. The third-order valence-electron chi connectivity index (χ3n) is 2.07. The van der Waals surface area contributed by atoms with Crippen molar-refractivity contribution in [2.45, 2.75) is 32.4 Å². The van der Waals surface area contributed by atoms with Gasteiger partial charge >= 0.3 is 5.97 Å². The summed E-state index contributed by atoms with van der Waals surface area (Å²) >= 11 is 0. The van der Waals surface area contributed by atoms with Crippen LogP contribution in [-0.4, -0.2) is 65.4 Å². The van der Waals surface area contributed by atoms with E-state index in [-0.39, 0.29) is 12.0 Å². The van der Waals surface area contributed by atoms with Crippen LogP contribution < -0.4 is 21.3 Å². The number of ether oxygens (including phenoxy) is 1. The van der Waals surface area contributed by atoms with Crippen molar-refractivity contribution in [1.82, 2.24) is 21.3 Å². The Labute approximate surface area is 118 Å². The van der Waals surface area contributed by atoms with Crippen LogP contribution in [0.4, 0.5) is 0 Å². The molecule has 0 fully saturated rings. The minimum atomic E-state index is -0.417. The second-order valence-electron chi connectivity index (χ2n) is 5.14. The Bertz CT molecular complexity index is 213. The van der Waals surface area contributed by atoms with Gasteiger partial charge in [0.25, 0.3) is 0 Å². The molecule has 6 nitrogen and oxygen atoms in total. The summed E-state index contributed by atoms with van der Waals surface area (Å²) in [4.78, 5) is 11.5. The van der Waals surface area contributed by atoms with E-state index in [9.17, 15) is 4.79 Å². The highest BCUT2D eigenvalue weighted by Crippen LogP contribution is 2.07. The largest absolute Gasteiger partial charge is 0.459 e. The lowest BCUT2D eigenvalue weighted by molar-refractivity contribution is -0.157. The first-order chi connectivity index (χ1) is 8.82. The molecule has 6 heteroatoms. The van der Waals surface area contributed by atoms with E-state index in [0.717, 1.165) is 13.1 Å². The van der Waals surface area contributed by atoms with E-state index >= 15 is 0 Å². The van der Waals surface area contributed by atoms with Crippen LogP contribution in [0, 0.1) is 0 Å². The normalized spacial score (nSPS) is 12.4. The van der Waals surface area contributed by atoms with E-state index in [1.165, 1.54) is 0 Å². The van der Waals surface area contributed by atoms with Crippen LogP contribution in [0.1, 0.15) is 20.8 Å². The highest BCUT2D eigenvalue weighted by Gasteiger charge is 2.22. The average molecular weight is 276 g/mol. The van der Waals surface area contributed by atoms with Gasteiger partial charge in [0.15, 0.2) is 0 Å². The van der Waals surface area contributed by atoms with Crippen LogP contribution >= 0.6 is 0 Å². The smallest absolute Gasteiger partial charge is 0.324 e. The fourth-order valence-electron chi connectivity index (χ4n) is 1.13. The Kier molecular flexibility index (Phi) is 13.4. The summed E-state index contributed by atoms with van der Waals surface area (Å²) in [6.45, 7) is 8.25. The van der Waals surface area contributed by atoms with E-state index in [1.54, 1.807) is 14.1 Å². The average Bonchev–Trinajstić information content (AvgIpc) is 2.31. The van der Waals surface area contributed by atoms with Gasteiger partial charge < -0.3 is 26.0 Å². The lowest BCUT2D eigenvalue weighted by atomic mass is 10.2. The third-order valence-corrected chi connectivity index (χ3v) is 2.07. The van der Waals surface area contributed by atoms with Gasteiger partial charge in [-0.15, -0.1) is 0 Å². The SMILES string of the molecule is CNCC(NC)C(=O)OC(C)(C)C.CNCCNC. The van der Waals surface area contributed by atoms with Gasteiger partial charge in [0, 0.05) is 19.6 Å². The molecule has 0 rings (SSSR count). The van der Waals surface area contributed by atoms with Crippen molar-refractivity contribution in [3.8, 4) is 0 Å². The second kappa shape index (κ2) is 12.3. The molecule has 0 aromatic carbocycles. The number of carbonyl (C=O) groups excluding carboxylic acids is 1. The zero-order chi connectivity index (χ0) is 15.3. The summed E-state index contributed by atoms with van der Waals surface area (Å²) in [5.74, 6) is -0.218. The molecule has 0 radical (unpaired) electrons. The zero-order valence-electron chi connectivity index (χ0n) is 13.5. The van der Waals surface area contributed by atoms with Crippen LogP contribution in [0.2, 0.25) is 0 Å². The Hall–Kier alpha value is -0.690. The molecule has 0 saturated heterocycles. The molecule has 0 aliphatic carbocycles. The molecular weight excluding hydrogens is 244 g/mol. The van der Waals surface area contributed by atoms with Crippen LogP contribution in [0.25, 0.3) is 0 Å². The van der Waals surface area contributed by atoms with Gasteiger partial charge in [-0.25, -0.2) is 0 Å². The summed E-state index contributed by atoms with van der Waals surface area (Å²) in [6, 6.07) is -0.274. The summed E-state index contributed by atoms with van der Waals surface area (Å²) < 4.78 is 5.20. The van der Waals surface area contributed by atoms with Crippen molar-refractivity contribution in [3.63, 3.8) is 0 Å². The maximum absolute atomic E-state index is 11.5.